The van der Waals surface area contributed by atoms with Gasteiger partial charge in [-0.3, -0.25) is 0 Å². The molecule has 0 aromatic heterocycles. The lowest BCUT2D eigenvalue weighted by Crippen LogP contribution is -2.19. The lowest BCUT2D eigenvalue weighted by Gasteiger charge is -2.09. The Hall–Kier alpha value is -0.830. The molecule has 0 radical (unpaired) electrons. The standard InChI is InChI=1S/C16H31NO2/c1-5-6-7-8-9-10-11-12-13-14-15(2)16(18)19-17(3)4/h14H,5-13H2,1-4H3. The zero-order valence-electron chi connectivity index (χ0n) is 13.2. The Morgan fingerprint density at radius 1 is 1.00 bits per heavy atom. The maximum atomic E-state index is 11.5. The molecule has 0 N–H and O–H groups in total. The zero-order chi connectivity index (χ0) is 14.5. The lowest BCUT2D eigenvalue weighted by molar-refractivity contribution is -0.172. The van der Waals surface area contributed by atoms with E-state index in [1.807, 2.05) is 13.0 Å². The molecule has 112 valence electrons. The van der Waals surface area contributed by atoms with Gasteiger partial charge in [0.1, 0.15) is 0 Å². The van der Waals surface area contributed by atoms with E-state index in [2.05, 4.69) is 6.92 Å². The topological polar surface area (TPSA) is 29.5 Å². The van der Waals surface area contributed by atoms with Crippen LogP contribution in [0.3, 0.4) is 0 Å². The smallest absolute Gasteiger partial charge is 0.352 e. The van der Waals surface area contributed by atoms with Gasteiger partial charge in [0.05, 0.1) is 0 Å². The lowest BCUT2D eigenvalue weighted by atomic mass is 10.1. The molecular weight excluding hydrogens is 238 g/mol. The number of allylic oxidation sites excluding steroid dienone is 1. The summed E-state index contributed by atoms with van der Waals surface area (Å²) in [6.45, 7) is 4.06. The van der Waals surface area contributed by atoms with Gasteiger partial charge in [-0.2, -0.15) is 0 Å². The van der Waals surface area contributed by atoms with Gasteiger partial charge in [-0.1, -0.05) is 57.9 Å². The molecule has 0 atom stereocenters. The van der Waals surface area contributed by atoms with Crippen LogP contribution in [0.4, 0.5) is 0 Å². The number of rotatable bonds is 11. The molecule has 0 heterocycles. The van der Waals surface area contributed by atoms with E-state index in [0.29, 0.717) is 5.57 Å². The summed E-state index contributed by atoms with van der Waals surface area (Å²) in [7, 11) is 3.42. The number of unbranched alkanes of at least 4 members (excludes halogenated alkanes) is 8. The number of carbonyl (C=O) groups is 1. The molecule has 0 rings (SSSR count). The molecule has 3 nitrogen and oxygen atoms in total. The van der Waals surface area contributed by atoms with Gasteiger partial charge in [0.25, 0.3) is 0 Å². The van der Waals surface area contributed by atoms with Crippen molar-refractivity contribution in [3.63, 3.8) is 0 Å². The van der Waals surface area contributed by atoms with Gasteiger partial charge >= 0.3 is 5.97 Å². The molecule has 19 heavy (non-hydrogen) atoms. The Labute approximate surface area is 119 Å². The highest BCUT2D eigenvalue weighted by Gasteiger charge is 2.06. The van der Waals surface area contributed by atoms with E-state index in [-0.39, 0.29) is 5.97 Å². The van der Waals surface area contributed by atoms with Crippen LogP contribution >= 0.6 is 0 Å². The van der Waals surface area contributed by atoms with Gasteiger partial charge in [-0.05, 0) is 19.8 Å². The van der Waals surface area contributed by atoms with Crippen molar-refractivity contribution in [3.05, 3.63) is 11.6 Å². The number of nitrogens with zero attached hydrogens (tertiary/aromatic N) is 1. The predicted molar refractivity (Wildman–Crippen MR) is 80.8 cm³/mol. The number of hydroxylamine groups is 2. The van der Waals surface area contributed by atoms with Gasteiger partial charge in [0.15, 0.2) is 0 Å². The van der Waals surface area contributed by atoms with Gasteiger partial charge in [0.2, 0.25) is 0 Å². The molecule has 0 spiro atoms. The number of hydrogen-bond donors (Lipinski definition) is 0. The Balaban J connectivity index is 3.48. The van der Waals surface area contributed by atoms with E-state index in [1.54, 1.807) is 14.1 Å². The molecule has 0 aliphatic carbocycles. The number of carbonyl (C=O) groups excluding carboxylic acids is 1. The van der Waals surface area contributed by atoms with Crippen LogP contribution in [0.15, 0.2) is 11.6 Å². The van der Waals surface area contributed by atoms with Crippen molar-refractivity contribution in [1.82, 2.24) is 5.06 Å². The SMILES string of the molecule is CCCCCCCCCCC=C(C)C(=O)ON(C)C. The third-order valence-electron chi connectivity index (χ3n) is 3.10. The summed E-state index contributed by atoms with van der Waals surface area (Å²) < 4.78 is 0. The van der Waals surface area contributed by atoms with Crippen LogP contribution in [0, 0.1) is 0 Å². The van der Waals surface area contributed by atoms with Crippen LogP contribution in [0.2, 0.25) is 0 Å². The van der Waals surface area contributed by atoms with Gasteiger partial charge < -0.3 is 4.84 Å². The van der Waals surface area contributed by atoms with Crippen molar-refractivity contribution in [2.24, 2.45) is 0 Å². The van der Waals surface area contributed by atoms with Crippen LogP contribution in [0.1, 0.15) is 71.6 Å². The average Bonchev–Trinajstić information content (AvgIpc) is 2.35. The van der Waals surface area contributed by atoms with E-state index in [1.165, 1.54) is 56.4 Å². The summed E-state index contributed by atoms with van der Waals surface area (Å²) in [4.78, 5) is 16.5. The summed E-state index contributed by atoms with van der Waals surface area (Å²) in [6.07, 6.45) is 13.5. The van der Waals surface area contributed by atoms with E-state index in [0.717, 1.165) is 6.42 Å². The first kappa shape index (κ1) is 18.2. The van der Waals surface area contributed by atoms with Crippen molar-refractivity contribution < 1.29 is 9.63 Å². The van der Waals surface area contributed by atoms with Gasteiger partial charge in [-0.25, -0.2) is 4.79 Å². The maximum Gasteiger partial charge on any atom is 0.352 e. The molecule has 0 saturated carbocycles. The third kappa shape index (κ3) is 12.0. The molecule has 0 unspecified atom stereocenters. The summed E-state index contributed by atoms with van der Waals surface area (Å²) in [5.74, 6) is -0.246. The fourth-order valence-electron chi connectivity index (χ4n) is 1.92. The molecule has 0 bridgehead atoms. The first-order valence-electron chi connectivity index (χ1n) is 7.64. The van der Waals surface area contributed by atoms with Crippen molar-refractivity contribution in [2.75, 3.05) is 14.1 Å². The predicted octanol–water partition coefficient (Wildman–Crippen LogP) is 4.48. The molecule has 0 amide bonds. The normalized spacial score (nSPS) is 11.9. The highest BCUT2D eigenvalue weighted by atomic mass is 16.7. The summed E-state index contributed by atoms with van der Waals surface area (Å²) in [6, 6.07) is 0. The molecular formula is C16H31NO2. The van der Waals surface area contributed by atoms with E-state index in [4.69, 9.17) is 4.84 Å². The van der Waals surface area contributed by atoms with E-state index < -0.39 is 0 Å². The third-order valence-corrected chi connectivity index (χ3v) is 3.10. The second kappa shape index (κ2) is 12.2. The first-order chi connectivity index (χ1) is 9.07. The molecule has 0 aromatic carbocycles. The second-order valence-electron chi connectivity index (χ2n) is 5.34. The Morgan fingerprint density at radius 2 is 1.53 bits per heavy atom. The first-order valence-corrected chi connectivity index (χ1v) is 7.64. The van der Waals surface area contributed by atoms with Crippen molar-refractivity contribution >= 4 is 5.97 Å². The average molecular weight is 269 g/mol. The molecule has 0 saturated heterocycles. The summed E-state index contributed by atoms with van der Waals surface area (Å²) in [5, 5.41) is 1.43. The van der Waals surface area contributed by atoms with E-state index >= 15 is 0 Å². The van der Waals surface area contributed by atoms with Gasteiger partial charge in [-0.15, -0.1) is 5.06 Å². The fourth-order valence-corrected chi connectivity index (χ4v) is 1.92. The Kier molecular flexibility index (Phi) is 11.7. The highest BCUT2D eigenvalue weighted by Crippen LogP contribution is 2.10. The van der Waals surface area contributed by atoms with Crippen LogP contribution in [0.5, 0.6) is 0 Å². The van der Waals surface area contributed by atoms with Crippen molar-refractivity contribution in [1.29, 1.82) is 0 Å². The van der Waals surface area contributed by atoms with Gasteiger partial charge in [0, 0.05) is 19.7 Å². The largest absolute Gasteiger partial charge is 0.365 e. The monoisotopic (exact) mass is 269 g/mol. The Morgan fingerprint density at radius 3 is 2.05 bits per heavy atom. The summed E-state index contributed by atoms with van der Waals surface area (Å²) in [5.41, 5.74) is 0.705. The van der Waals surface area contributed by atoms with Crippen molar-refractivity contribution in [2.45, 2.75) is 71.6 Å². The minimum atomic E-state index is -0.246. The molecule has 0 aromatic rings. The van der Waals surface area contributed by atoms with Crippen molar-refractivity contribution in [3.8, 4) is 0 Å². The molecule has 3 heteroatoms. The van der Waals surface area contributed by atoms with E-state index in [9.17, 15) is 4.79 Å². The molecule has 0 aliphatic rings. The summed E-state index contributed by atoms with van der Waals surface area (Å²) >= 11 is 0. The van der Waals surface area contributed by atoms with Crippen LogP contribution in [-0.4, -0.2) is 25.1 Å². The Bertz CT molecular complexity index is 259. The van der Waals surface area contributed by atoms with Crippen LogP contribution in [0.25, 0.3) is 0 Å². The zero-order valence-corrected chi connectivity index (χ0v) is 13.2. The number of hydrogen-bond acceptors (Lipinski definition) is 3. The fraction of sp³-hybridized carbons (Fsp3) is 0.812. The quantitative estimate of drug-likeness (QED) is 0.314. The maximum absolute atomic E-state index is 11.5. The van der Waals surface area contributed by atoms with Crippen LogP contribution < -0.4 is 0 Å². The molecule has 0 aliphatic heterocycles. The molecule has 0 fully saturated rings. The minimum Gasteiger partial charge on any atom is -0.365 e. The van der Waals surface area contributed by atoms with Crippen LogP contribution in [-0.2, 0) is 9.63 Å². The highest BCUT2D eigenvalue weighted by molar-refractivity contribution is 5.87. The minimum absolute atomic E-state index is 0.246. The second-order valence-corrected chi connectivity index (χ2v) is 5.34.